The minimum Gasteiger partial charge on any atom is -0.490 e. The molecule has 0 aliphatic heterocycles. The second-order valence-corrected chi connectivity index (χ2v) is 9.80. The Balaban J connectivity index is 1.36. The van der Waals surface area contributed by atoms with E-state index in [9.17, 15) is 19.8 Å². The summed E-state index contributed by atoms with van der Waals surface area (Å²) >= 11 is 0. The zero-order valence-corrected chi connectivity index (χ0v) is 26.0. The maximum absolute atomic E-state index is 11.3. The van der Waals surface area contributed by atoms with Gasteiger partial charge in [-0.2, -0.15) is 0 Å². The van der Waals surface area contributed by atoms with Gasteiger partial charge in [-0.05, 0) is 97.8 Å². The van der Waals surface area contributed by atoms with Gasteiger partial charge < -0.3 is 29.2 Å². The van der Waals surface area contributed by atoms with Crippen LogP contribution >= 0.6 is 0 Å². The molecule has 8 nitrogen and oxygen atoms in total. The van der Waals surface area contributed by atoms with Crippen LogP contribution in [-0.4, -0.2) is 60.8 Å². The minimum atomic E-state index is -0.972. The summed E-state index contributed by atoms with van der Waals surface area (Å²) < 4.78 is 21.9. The molecule has 0 aliphatic carbocycles. The SMILES string of the molecule is CCO[C@@H](Cc1ccc(OC/C=C/C#Cc2ccc(C#C/C=C/COc3ccc(C[C@H](OCC)C(=O)O)cc3)cc2)cc1)C(=O)O. The van der Waals surface area contributed by atoms with Crippen molar-refractivity contribution >= 4 is 11.9 Å². The number of aliphatic carboxylic acids is 2. The Bertz CT molecular complexity index is 1440. The van der Waals surface area contributed by atoms with E-state index in [1.807, 2.05) is 60.7 Å². The van der Waals surface area contributed by atoms with E-state index < -0.39 is 24.1 Å². The standard InChI is InChI=1S/C38H38O8/c1-3-43-35(37(39)40)27-31-17-21-33(22-18-31)45-25-9-5-7-11-29-13-15-30(16-14-29)12-8-6-10-26-46-34-23-19-32(20-24-34)28-36(38(41)42)44-4-2/h5-6,9-10,13-24,35-36H,3-4,25-28H2,1-2H3,(H,39,40)(H,41,42)/b9-5+,10-6+/t35-,36-/m0/s1. The highest BCUT2D eigenvalue weighted by Gasteiger charge is 2.18. The third-order valence-electron chi connectivity index (χ3n) is 6.39. The fourth-order valence-electron chi connectivity index (χ4n) is 4.10. The van der Waals surface area contributed by atoms with Crippen LogP contribution in [0.25, 0.3) is 0 Å². The third kappa shape index (κ3) is 13.2. The molecule has 0 radical (unpaired) electrons. The van der Waals surface area contributed by atoms with Crippen molar-refractivity contribution in [3.05, 3.63) is 119 Å². The highest BCUT2D eigenvalue weighted by Crippen LogP contribution is 2.16. The predicted molar refractivity (Wildman–Crippen MR) is 176 cm³/mol. The maximum atomic E-state index is 11.3. The number of carbonyl (C=O) groups is 2. The molecule has 0 amide bonds. The number of carboxylic acid groups (broad SMARTS) is 2. The van der Waals surface area contributed by atoms with Crippen LogP contribution in [0.3, 0.4) is 0 Å². The molecular weight excluding hydrogens is 584 g/mol. The van der Waals surface area contributed by atoms with Gasteiger partial charge >= 0.3 is 11.9 Å². The van der Waals surface area contributed by atoms with Crippen LogP contribution in [0.4, 0.5) is 0 Å². The zero-order valence-electron chi connectivity index (χ0n) is 26.0. The van der Waals surface area contributed by atoms with Crippen molar-refractivity contribution < 1.29 is 38.7 Å². The molecule has 2 atom stereocenters. The average Bonchev–Trinajstić information content (AvgIpc) is 3.05. The summed E-state index contributed by atoms with van der Waals surface area (Å²) in [6, 6.07) is 22.2. The number of hydrogen-bond donors (Lipinski definition) is 2. The number of hydrogen-bond acceptors (Lipinski definition) is 6. The lowest BCUT2D eigenvalue weighted by molar-refractivity contribution is -0.150. The molecule has 0 bridgehead atoms. The van der Waals surface area contributed by atoms with Crippen molar-refractivity contribution in [1.29, 1.82) is 0 Å². The zero-order chi connectivity index (χ0) is 33.0. The summed E-state index contributed by atoms with van der Waals surface area (Å²) in [6.45, 7) is 4.95. The summed E-state index contributed by atoms with van der Waals surface area (Å²) in [5.74, 6) is 11.6. The first kappa shape index (κ1) is 35.2. The molecule has 238 valence electrons. The van der Waals surface area contributed by atoms with Crippen LogP contribution in [0.5, 0.6) is 11.5 Å². The van der Waals surface area contributed by atoms with E-state index in [0.29, 0.717) is 50.8 Å². The Kier molecular flexibility index (Phi) is 15.2. The lowest BCUT2D eigenvalue weighted by Crippen LogP contribution is -2.26. The van der Waals surface area contributed by atoms with Crippen molar-refractivity contribution in [2.75, 3.05) is 26.4 Å². The number of carboxylic acids is 2. The smallest absolute Gasteiger partial charge is 0.333 e. The first-order valence-electron chi connectivity index (χ1n) is 14.9. The van der Waals surface area contributed by atoms with E-state index in [2.05, 4.69) is 23.7 Å². The van der Waals surface area contributed by atoms with Gasteiger partial charge in [-0.15, -0.1) is 0 Å². The number of rotatable bonds is 16. The Labute approximate surface area is 270 Å². The van der Waals surface area contributed by atoms with Crippen molar-refractivity contribution in [1.82, 2.24) is 0 Å². The molecule has 3 aromatic carbocycles. The summed E-state index contributed by atoms with van der Waals surface area (Å²) in [7, 11) is 0. The van der Waals surface area contributed by atoms with Crippen molar-refractivity contribution in [2.24, 2.45) is 0 Å². The second-order valence-electron chi connectivity index (χ2n) is 9.80. The lowest BCUT2D eigenvalue weighted by Gasteiger charge is -2.12. The van der Waals surface area contributed by atoms with Gasteiger partial charge in [0.1, 0.15) is 24.7 Å². The third-order valence-corrected chi connectivity index (χ3v) is 6.39. The Morgan fingerprint density at radius 3 is 1.33 bits per heavy atom. The Morgan fingerprint density at radius 2 is 1.00 bits per heavy atom. The van der Waals surface area contributed by atoms with Crippen LogP contribution in [0, 0.1) is 23.7 Å². The van der Waals surface area contributed by atoms with Crippen LogP contribution in [0.2, 0.25) is 0 Å². The number of allylic oxidation sites excluding steroid dienone is 2. The van der Waals surface area contributed by atoms with E-state index in [4.69, 9.17) is 18.9 Å². The Morgan fingerprint density at radius 1 is 0.630 bits per heavy atom. The van der Waals surface area contributed by atoms with Gasteiger partial charge in [0.15, 0.2) is 12.2 Å². The Hall–Kier alpha value is -5.28. The molecule has 46 heavy (non-hydrogen) atoms. The average molecular weight is 623 g/mol. The molecule has 0 aliphatic rings. The van der Waals surface area contributed by atoms with Gasteiger partial charge in [-0.1, -0.05) is 47.9 Å². The highest BCUT2D eigenvalue weighted by atomic mass is 16.5. The minimum absolute atomic E-state index is 0.299. The van der Waals surface area contributed by atoms with E-state index in [0.717, 1.165) is 22.3 Å². The van der Waals surface area contributed by atoms with E-state index in [1.54, 1.807) is 50.3 Å². The molecule has 2 N–H and O–H groups in total. The molecule has 0 saturated heterocycles. The van der Waals surface area contributed by atoms with Crippen LogP contribution < -0.4 is 9.47 Å². The van der Waals surface area contributed by atoms with Crippen molar-refractivity contribution in [3.8, 4) is 35.2 Å². The van der Waals surface area contributed by atoms with Gasteiger partial charge in [0.2, 0.25) is 0 Å². The predicted octanol–water partition coefficient (Wildman–Crippen LogP) is 5.72. The monoisotopic (exact) mass is 622 g/mol. The van der Waals surface area contributed by atoms with Crippen LogP contribution in [-0.2, 0) is 31.9 Å². The molecular formula is C38H38O8. The summed E-state index contributed by atoms with van der Waals surface area (Å²) in [5, 5.41) is 18.4. The largest absolute Gasteiger partial charge is 0.490 e. The number of ether oxygens (including phenoxy) is 4. The molecule has 8 heteroatoms. The molecule has 3 rings (SSSR count). The van der Waals surface area contributed by atoms with Gasteiger partial charge in [0, 0.05) is 37.2 Å². The second kappa shape index (κ2) is 19.9. The normalized spacial score (nSPS) is 12.0. The molecule has 0 unspecified atom stereocenters. The summed E-state index contributed by atoms with van der Waals surface area (Å²) in [6.07, 6.45) is 6.00. The van der Waals surface area contributed by atoms with Crippen LogP contribution in [0.1, 0.15) is 36.1 Å². The summed E-state index contributed by atoms with van der Waals surface area (Å²) in [5.41, 5.74) is 3.46. The number of benzene rings is 3. The first-order chi connectivity index (χ1) is 22.4. The molecule has 3 aromatic rings. The maximum Gasteiger partial charge on any atom is 0.333 e. The first-order valence-corrected chi connectivity index (χ1v) is 14.9. The lowest BCUT2D eigenvalue weighted by atomic mass is 10.1. The summed E-state index contributed by atoms with van der Waals surface area (Å²) in [4.78, 5) is 22.5. The van der Waals surface area contributed by atoms with Gasteiger partial charge in [0.25, 0.3) is 0 Å². The van der Waals surface area contributed by atoms with Gasteiger partial charge in [0.05, 0.1) is 0 Å². The molecule has 0 saturated carbocycles. The van der Waals surface area contributed by atoms with E-state index in [-0.39, 0.29) is 0 Å². The molecule has 0 heterocycles. The highest BCUT2D eigenvalue weighted by molar-refractivity contribution is 5.73. The van der Waals surface area contributed by atoms with Crippen molar-refractivity contribution in [2.45, 2.75) is 38.9 Å². The molecule has 0 fully saturated rings. The fourth-order valence-corrected chi connectivity index (χ4v) is 4.10. The van der Waals surface area contributed by atoms with Gasteiger partial charge in [-0.3, -0.25) is 0 Å². The van der Waals surface area contributed by atoms with Gasteiger partial charge in [-0.25, -0.2) is 9.59 Å². The molecule has 0 spiro atoms. The quantitative estimate of drug-likeness (QED) is 0.195. The van der Waals surface area contributed by atoms with E-state index >= 15 is 0 Å². The van der Waals surface area contributed by atoms with Crippen LogP contribution in [0.15, 0.2) is 97.1 Å². The van der Waals surface area contributed by atoms with Crippen molar-refractivity contribution in [3.63, 3.8) is 0 Å². The topological polar surface area (TPSA) is 112 Å². The molecule has 0 aromatic heterocycles. The fraction of sp³-hybridized carbons (Fsp3) is 0.263. The van der Waals surface area contributed by atoms with E-state index in [1.165, 1.54) is 0 Å².